The lowest BCUT2D eigenvalue weighted by molar-refractivity contribution is -0.137. The second kappa shape index (κ2) is 14.1. The Labute approximate surface area is 260 Å². The van der Waals surface area contributed by atoms with E-state index in [2.05, 4.69) is 5.32 Å². The number of piperidine rings is 1. The molecule has 0 radical (unpaired) electrons. The van der Waals surface area contributed by atoms with Crippen LogP contribution in [0.25, 0.3) is 16.2 Å². The lowest BCUT2D eigenvalue weighted by Crippen LogP contribution is -2.42. The van der Waals surface area contributed by atoms with E-state index in [0.717, 1.165) is 10.1 Å². The molecule has 0 bridgehead atoms. The fourth-order valence-corrected chi connectivity index (χ4v) is 5.80. The number of hydrogen-bond donors (Lipinski definition) is 2. The molecule has 0 spiro atoms. The summed E-state index contributed by atoms with van der Waals surface area (Å²) in [5.74, 6) is -1.62. The van der Waals surface area contributed by atoms with Crippen LogP contribution < -0.4 is 5.32 Å². The van der Waals surface area contributed by atoms with Gasteiger partial charge in [0.15, 0.2) is 5.90 Å². The summed E-state index contributed by atoms with van der Waals surface area (Å²) >= 11 is 14.4. The minimum atomic E-state index is -1.04. The maximum atomic E-state index is 13.0. The molecule has 1 aliphatic rings. The number of ether oxygens (including phenoxy) is 2. The maximum Gasteiger partial charge on any atom is 0.407 e. The van der Waals surface area contributed by atoms with Crippen LogP contribution in [-0.2, 0) is 19.1 Å². The average molecular weight is 641 g/mol. The Morgan fingerprint density at radius 1 is 1.12 bits per heavy atom. The first-order valence-corrected chi connectivity index (χ1v) is 15.4. The molecule has 2 aromatic rings. The van der Waals surface area contributed by atoms with Crippen LogP contribution in [-0.4, -0.2) is 70.8 Å². The van der Waals surface area contributed by atoms with E-state index in [0.29, 0.717) is 41.5 Å². The molecule has 1 unspecified atom stereocenters. The van der Waals surface area contributed by atoms with E-state index in [1.807, 2.05) is 38.3 Å². The Bertz CT molecular complexity index is 1350. The molecule has 1 atom stereocenters. The third kappa shape index (κ3) is 10.2. The number of thiophene rings is 1. The predicted molar refractivity (Wildman–Crippen MR) is 169 cm³/mol. The number of carboxylic acid groups (broad SMARTS) is 1. The van der Waals surface area contributed by atoms with Crippen LogP contribution in [0.5, 0.6) is 0 Å². The van der Waals surface area contributed by atoms with Crippen molar-refractivity contribution in [2.45, 2.75) is 78.0 Å². The fraction of sp³-hybridized carbons (Fsp3) is 0.533. The number of alkyl carbamates (subject to hydrolysis) is 1. The first kappa shape index (κ1) is 33.7. The van der Waals surface area contributed by atoms with E-state index in [1.165, 1.54) is 17.4 Å². The van der Waals surface area contributed by atoms with Gasteiger partial charge in [0, 0.05) is 25.7 Å². The number of fused-ring (bicyclic) bond motifs is 1. The number of carboxylic acids is 1. The molecule has 1 fully saturated rings. The fourth-order valence-electron chi connectivity index (χ4n) is 4.36. The number of aliphatic carboxylic acids is 1. The Balaban J connectivity index is 1.69. The Kier molecular flexibility index (Phi) is 11.3. The van der Waals surface area contributed by atoms with Crippen molar-refractivity contribution >= 4 is 74.6 Å². The van der Waals surface area contributed by atoms with Crippen LogP contribution in [0.1, 0.15) is 66.4 Å². The van der Waals surface area contributed by atoms with Gasteiger partial charge in [-0.15, -0.1) is 11.3 Å². The van der Waals surface area contributed by atoms with Crippen molar-refractivity contribution in [1.29, 1.82) is 0 Å². The van der Waals surface area contributed by atoms with E-state index < -0.39 is 29.2 Å². The molecule has 0 saturated carbocycles. The molecule has 9 nitrogen and oxygen atoms in total. The van der Waals surface area contributed by atoms with E-state index in [9.17, 15) is 19.5 Å². The molecule has 1 aliphatic heterocycles. The standard InChI is InChI=1S/C30H39Cl2N3O6S/c1-29(2,3)40-27(20(16-23(37)38)17-33-28(39)41-30(4,5)6)34-21-9-12-35(13-10-21)22(36)8-7-18-15-19-11-14-42-26(19)25(32)24(18)31/h7-8,11,14-15,20-21H,9-10,12-13,16-17H2,1-6H3,(H,33,39)(H,37,38). The maximum absolute atomic E-state index is 13.0. The summed E-state index contributed by atoms with van der Waals surface area (Å²) < 4.78 is 12.3. The van der Waals surface area contributed by atoms with Gasteiger partial charge in [0.1, 0.15) is 11.2 Å². The number of likely N-dealkylation sites (tertiary alicyclic amines) is 1. The number of benzene rings is 1. The third-order valence-electron chi connectivity index (χ3n) is 6.22. The third-order valence-corrected chi connectivity index (χ3v) is 8.16. The molecule has 1 aromatic carbocycles. The molecule has 12 heteroatoms. The van der Waals surface area contributed by atoms with Crippen molar-refractivity contribution in [2.24, 2.45) is 10.9 Å². The van der Waals surface area contributed by atoms with Crippen molar-refractivity contribution in [1.82, 2.24) is 10.2 Å². The van der Waals surface area contributed by atoms with Gasteiger partial charge in [-0.25, -0.2) is 4.79 Å². The summed E-state index contributed by atoms with van der Waals surface area (Å²) in [6, 6.07) is 3.69. The van der Waals surface area contributed by atoms with Gasteiger partial charge in [-0.1, -0.05) is 23.2 Å². The zero-order valence-electron chi connectivity index (χ0n) is 24.8. The highest BCUT2D eigenvalue weighted by Crippen LogP contribution is 2.37. The first-order chi connectivity index (χ1) is 19.5. The normalized spacial score (nSPS) is 16.1. The number of halogens is 2. The summed E-state index contributed by atoms with van der Waals surface area (Å²) in [5.41, 5.74) is -0.657. The second-order valence-electron chi connectivity index (χ2n) is 12.2. The Morgan fingerprint density at radius 3 is 2.36 bits per heavy atom. The number of nitrogens with zero attached hydrogens (tertiary/aromatic N) is 2. The van der Waals surface area contributed by atoms with Crippen LogP contribution in [0.4, 0.5) is 4.79 Å². The molecule has 3 rings (SSSR count). The van der Waals surface area contributed by atoms with E-state index in [-0.39, 0.29) is 30.8 Å². The van der Waals surface area contributed by atoms with Gasteiger partial charge in [0.25, 0.3) is 0 Å². The molecule has 230 valence electrons. The molecule has 2 amide bonds. The minimum Gasteiger partial charge on any atom is -0.481 e. The van der Waals surface area contributed by atoms with Crippen LogP contribution in [0.15, 0.2) is 28.6 Å². The highest BCUT2D eigenvalue weighted by atomic mass is 35.5. The number of nitrogens with one attached hydrogen (secondary N) is 1. The minimum absolute atomic E-state index is 0.0119. The molecule has 1 saturated heterocycles. The van der Waals surface area contributed by atoms with Crippen molar-refractivity contribution in [2.75, 3.05) is 19.6 Å². The van der Waals surface area contributed by atoms with E-state index in [4.69, 9.17) is 37.7 Å². The largest absolute Gasteiger partial charge is 0.481 e. The highest BCUT2D eigenvalue weighted by Gasteiger charge is 2.30. The van der Waals surface area contributed by atoms with Gasteiger partial charge >= 0.3 is 12.1 Å². The van der Waals surface area contributed by atoms with Gasteiger partial charge in [0.05, 0.1) is 33.1 Å². The number of aliphatic imine (C=N–C) groups is 1. The second-order valence-corrected chi connectivity index (χ2v) is 13.9. The lowest BCUT2D eigenvalue weighted by Gasteiger charge is -2.32. The van der Waals surface area contributed by atoms with Crippen molar-refractivity contribution < 1.29 is 29.0 Å². The Morgan fingerprint density at radius 2 is 1.76 bits per heavy atom. The lowest BCUT2D eigenvalue weighted by atomic mass is 10.0. The summed E-state index contributed by atoms with van der Waals surface area (Å²) in [4.78, 5) is 43.5. The van der Waals surface area contributed by atoms with Crippen molar-refractivity contribution in [3.63, 3.8) is 0 Å². The van der Waals surface area contributed by atoms with Gasteiger partial charge in [-0.05, 0) is 88.9 Å². The van der Waals surface area contributed by atoms with Crippen LogP contribution >= 0.6 is 34.5 Å². The Hall–Kier alpha value is -2.82. The van der Waals surface area contributed by atoms with Crippen LogP contribution in [0.3, 0.4) is 0 Å². The number of carbonyl (C=O) groups is 3. The van der Waals surface area contributed by atoms with E-state index in [1.54, 1.807) is 31.7 Å². The molecule has 1 aromatic heterocycles. The molecule has 2 heterocycles. The number of carbonyl (C=O) groups excluding carboxylic acids is 2. The monoisotopic (exact) mass is 639 g/mol. The van der Waals surface area contributed by atoms with Crippen LogP contribution in [0, 0.1) is 5.92 Å². The van der Waals surface area contributed by atoms with Crippen molar-refractivity contribution in [3.8, 4) is 0 Å². The quantitative estimate of drug-likeness (QED) is 0.182. The zero-order chi connectivity index (χ0) is 31.2. The molecule has 0 aliphatic carbocycles. The van der Waals surface area contributed by atoms with Crippen LogP contribution in [0.2, 0.25) is 10.0 Å². The molecule has 2 N–H and O–H groups in total. The van der Waals surface area contributed by atoms with Gasteiger partial charge in [-0.3, -0.25) is 14.6 Å². The van der Waals surface area contributed by atoms with Gasteiger partial charge < -0.3 is 24.8 Å². The van der Waals surface area contributed by atoms with Gasteiger partial charge in [0.2, 0.25) is 5.91 Å². The molecule has 42 heavy (non-hydrogen) atoms. The number of rotatable bonds is 8. The number of hydrogen-bond acceptors (Lipinski definition) is 7. The van der Waals surface area contributed by atoms with Gasteiger partial charge in [-0.2, -0.15) is 0 Å². The summed E-state index contributed by atoms with van der Waals surface area (Å²) in [6.07, 6.45) is 3.40. The topological polar surface area (TPSA) is 118 Å². The first-order valence-electron chi connectivity index (χ1n) is 13.8. The summed E-state index contributed by atoms with van der Waals surface area (Å²) in [5, 5.41) is 16.0. The summed E-state index contributed by atoms with van der Waals surface area (Å²) in [6.45, 7) is 11.7. The number of amides is 2. The zero-order valence-corrected chi connectivity index (χ0v) is 27.2. The molecular formula is C30H39Cl2N3O6S. The predicted octanol–water partition coefficient (Wildman–Crippen LogP) is 7.04. The highest BCUT2D eigenvalue weighted by molar-refractivity contribution is 7.18. The molecular weight excluding hydrogens is 601 g/mol. The smallest absolute Gasteiger partial charge is 0.407 e. The average Bonchev–Trinajstić information content (AvgIpc) is 3.34. The SMILES string of the molecule is CC(C)(C)OC(=O)NCC(CC(=O)O)C(=NC1CCN(C(=O)C=Cc2cc3ccsc3c(Cl)c2Cl)CC1)OC(C)(C)C. The summed E-state index contributed by atoms with van der Waals surface area (Å²) in [7, 11) is 0. The van der Waals surface area contributed by atoms with E-state index >= 15 is 0 Å². The van der Waals surface area contributed by atoms with Crippen molar-refractivity contribution in [3.05, 3.63) is 39.2 Å².